The van der Waals surface area contributed by atoms with Gasteiger partial charge in [-0.2, -0.15) is 0 Å². The number of aliphatic carboxylic acids is 1. The summed E-state index contributed by atoms with van der Waals surface area (Å²) in [6.45, 7) is 2.98. The lowest BCUT2D eigenvalue weighted by Gasteiger charge is -2.26. The van der Waals surface area contributed by atoms with E-state index >= 15 is 0 Å². The summed E-state index contributed by atoms with van der Waals surface area (Å²) < 4.78 is 5.11. The van der Waals surface area contributed by atoms with Crippen LogP contribution in [-0.4, -0.2) is 36.4 Å². The molecule has 0 spiro atoms. The lowest BCUT2D eigenvalue weighted by atomic mass is 10.1. The van der Waals surface area contributed by atoms with Crippen molar-refractivity contribution in [1.82, 2.24) is 5.32 Å². The second-order valence-electron chi connectivity index (χ2n) is 2.35. The van der Waals surface area contributed by atoms with Crippen molar-refractivity contribution < 1.29 is 14.6 Å². The summed E-state index contributed by atoms with van der Waals surface area (Å²) >= 11 is 0. The quantitative estimate of drug-likeness (QED) is 0.592. The number of ether oxygens (including phenoxy) is 1. The molecule has 5 heteroatoms. The highest BCUT2D eigenvalue weighted by Gasteiger charge is 2.27. The fraction of sp³-hybridized carbons (Fsp3) is 0.833. The topological polar surface area (TPSA) is 58.6 Å². The molecule has 4 nitrogen and oxygen atoms in total. The largest absolute Gasteiger partial charge is 0.480 e. The van der Waals surface area contributed by atoms with Crippen molar-refractivity contribution in [1.29, 1.82) is 0 Å². The van der Waals surface area contributed by atoms with Gasteiger partial charge in [-0.25, -0.2) is 0 Å². The number of morpholine rings is 1. The van der Waals surface area contributed by atoms with Gasteiger partial charge < -0.3 is 9.84 Å². The van der Waals surface area contributed by atoms with Crippen molar-refractivity contribution in [3.63, 3.8) is 0 Å². The predicted molar refractivity (Wildman–Crippen MR) is 42.1 cm³/mol. The van der Waals surface area contributed by atoms with E-state index in [0.717, 1.165) is 0 Å². The van der Waals surface area contributed by atoms with Crippen molar-refractivity contribution in [2.24, 2.45) is 0 Å². The van der Waals surface area contributed by atoms with Crippen LogP contribution in [0.3, 0.4) is 0 Å². The Morgan fingerprint density at radius 2 is 2.36 bits per heavy atom. The summed E-state index contributed by atoms with van der Waals surface area (Å²) in [5.74, 6) is -0.841. The summed E-state index contributed by atoms with van der Waals surface area (Å²) in [7, 11) is 0. The van der Waals surface area contributed by atoms with Crippen LogP contribution in [0.2, 0.25) is 0 Å². The van der Waals surface area contributed by atoms with E-state index in [1.807, 2.05) is 0 Å². The van der Waals surface area contributed by atoms with E-state index in [1.54, 1.807) is 6.92 Å². The van der Waals surface area contributed by atoms with Crippen LogP contribution in [0, 0.1) is 0 Å². The first-order valence-electron chi connectivity index (χ1n) is 3.29. The Hall–Kier alpha value is -0.320. The number of halogens is 1. The zero-order valence-electron chi connectivity index (χ0n) is 6.24. The predicted octanol–water partition coefficient (Wildman–Crippen LogP) is -0.130. The van der Waals surface area contributed by atoms with Gasteiger partial charge in [0.2, 0.25) is 0 Å². The third-order valence-corrected chi connectivity index (χ3v) is 1.58. The van der Waals surface area contributed by atoms with Crippen LogP contribution in [0.5, 0.6) is 0 Å². The summed E-state index contributed by atoms with van der Waals surface area (Å²) in [6.07, 6.45) is -0.216. The first kappa shape index (κ1) is 10.7. The second-order valence-corrected chi connectivity index (χ2v) is 2.35. The third kappa shape index (κ3) is 2.65. The third-order valence-electron chi connectivity index (χ3n) is 1.58. The first-order valence-corrected chi connectivity index (χ1v) is 3.29. The van der Waals surface area contributed by atoms with Gasteiger partial charge in [0.25, 0.3) is 0 Å². The molecule has 0 bridgehead atoms. The number of carbonyl (C=O) groups is 1. The van der Waals surface area contributed by atoms with E-state index < -0.39 is 12.0 Å². The van der Waals surface area contributed by atoms with Gasteiger partial charge in [0.15, 0.2) is 0 Å². The molecular weight excluding hydrogens is 170 g/mol. The van der Waals surface area contributed by atoms with Crippen LogP contribution in [0.1, 0.15) is 6.92 Å². The summed E-state index contributed by atoms with van der Waals surface area (Å²) in [5, 5.41) is 11.4. The molecule has 0 saturated carbocycles. The molecule has 1 aliphatic heterocycles. The summed E-state index contributed by atoms with van der Waals surface area (Å²) in [6, 6.07) is -0.534. The van der Waals surface area contributed by atoms with Gasteiger partial charge in [-0.3, -0.25) is 10.1 Å². The number of carboxylic acid groups (broad SMARTS) is 1. The Morgan fingerprint density at radius 1 is 1.73 bits per heavy atom. The zero-order valence-corrected chi connectivity index (χ0v) is 7.06. The molecule has 1 aliphatic rings. The lowest BCUT2D eigenvalue weighted by Crippen LogP contribution is -2.51. The highest BCUT2D eigenvalue weighted by Crippen LogP contribution is 2.02. The molecule has 0 unspecified atom stereocenters. The van der Waals surface area contributed by atoms with Gasteiger partial charge in [-0.1, -0.05) is 0 Å². The van der Waals surface area contributed by atoms with Crippen molar-refractivity contribution >= 4 is 18.4 Å². The molecule has 0 aromatic heterocycles. The molecule has 2 atom stereocenters. The van der Waals surface area contributed by atoms with Crippen molar-refractivity contribution in [3.05, 3.63) is 0 Å². The maximum Gasteiger partial charge on any atom is 0.323 e. The molecular formula is C6H12ClNO3. The molecule has 1 rings (SSSR count). The molecule has 1 saturated heterocycles. The van der Waals surface area contributed by atoms with E-state index in [0.29, 0.717) is 13.2 Å². The van der Waals surface area contributed by atoms with Gasteiger partial charge in [0.1, 0.15) is 6.04 Å². The van der Waals surface area contributed by atoms with E-state index in [-0.39, 0.29) is 18.5 Å². The highest BCUT2D eigenvalue weighted by molar-refractivity contribution is 5.85. The van der Waals surface area contributed by atoms with E-state index in [9.17, 15) is 4.79 Å². The van der Waals surface area contributed by atoms with Crippen LogP contribution in [0.25, 0.3) is 0 Å². The van der Waals surface area contributed by atoms with Gasteiger partial charge in [-0.15, -0.1) is 12.4 Å². The smallest absolute Gasteiger partial charge is 0.323 e. The number of hydrogen-bond acceptors (Lipinski definition) is 3. The normalized spacial score (nSPS) is 30.6. The minimum atomic E-state index is -0.841. The Labute approximate surface area is 71.3 Å². The standard InChI is InChI=1S/C6H11NO3.ClH/c1-4-5(6(8)9)7-2-3-10-4;/h4-5,7H,2-3H2,1H3,(H,8,9);1H/t4-,5-;/m0./s1. The van der Waals surface area contributed by atoms with E-state index in [4.69, 9.17) is 9.84 Å². The van der Waals surface area contributed by atoms with Crippen LogP contribution in [-0.2, 0) is 9.53 Å². The van der Waals surface area contributed by atoms with Crippen LogP contribution in [0.4, 0.5) is 0 Å². The van der Waals surface area contributed by atoms with E-state index in [2.05, 4.69) is 5.32 Å². The minimum absolute atomic E-state index is 0. The average Bonchev–Trinajstić information content (AvgIpc) is 1.88. The molecule has 0 aromatic rings. The van der Waals surface area contributed by atoms with Gasteiger partial charge >= 0.3 is 5.97 Å². The Morgan fingerprint density at radius 3 is 2.73 bits per heavy atom. The van der Waals surface area contributed by atoms with Crippen LogP contribution >= 0.6 is 12.4 Å². The fourth-order valence-electron chi connectivity index (χ4n) is 1.01. The lowest BCUT2D eigenvalue weighted by molar-refractivity contribution is -0.145. The number of carboxylic acids is 1. The maximum atomic E-state index is 10.4. The first-order chi connectivity index (χ1) is 4.72. The molecule has 0 radical (unpaired) electrons. The molecule has 11 heavy (non-hydrogen) atoms. The second kappa shape index (κ2) is 4.54. The van der Waals surface area contributed by atoms with E-state index in [1.165, 1.54) is 0 Å². The molecule has 2 N–H and O–H groups in total. The molecule has 1 heterocycles. The Balaban J connectivity index is 0.000001000. The SMILES string of the molecule is C[C@@H]1OCCN[C@@H]1C(=O)O.Cl. The number of nitrogens with one attached hydrogen (secondary N) is 1. The van der Waals surface area contributed by atoms with Crippen LogP contribution < -0.4 is 5.32 Å². The fourth-order valence-corrected chi connectivity index (χ4v) is 1.01. The molecule has 0 amide bonds. The van der Waals surface area contributed by atoms with Gasteiger partial charge in [-0.05, 0) is 6.92 Å². The maximum absolute atomic E-state index is 10.4. The summed E-state index contributed by atoms with van der Waals surface area (Å²) in [5.41, 5.74) is 0. The molecule has 0 aromatic carbocycles. The zero-order chi connectivity index (χ0) is 7.56. The minimum Gasteiger partial charge on any atom is -0.480 e. The Bertz CT molecular complexity index is 142. The average molecular weight is 182 g/mol. The highest BCUT2D eigenvalue weighted by atomic mass is 35.5. The van der Waals surface area contributed by atoms with Gasteiger partial charge in [0.05, 0.1) is 12.7 Å². The Kier molecular flexibility index (Phi) is 4.40. The van der Waals surface area contributed by atoms with Gasteiger partial charge in [0, 0.05) is 6.54 Å². The van der Waals surface area contributed by atoms with Crippen molar-refractivity contribution in [3.8, 4) is 0 Å². The van der Waals surface area contributed by atoms with Crippen molar-refractivity contribution in [2.75, 3.05) is 13.2 Å². The van der Waals surface area contributed by atoms with Crippen LogP contribution in [0.15, 0.2) is 0 Å². The molecule has 1 fully saturated rings. The molecule has 0 aliphatic carbocycles. The number of rotatable bonds is 1. The molecule has 66 valence electrons. The monoisotopic (exact) mass is 181 g/mol. The number of hydrogen-bond donors (Lipinski definition) is 2. The van der Waals surface area contributed by atoms with Crippen molar-refractivity contribution in [2.45, 2.75) is 19.1 Å². The summed E-state index contributed by atoms with van der Waals surface area (Å²) in [4.78, 5) is 10.4.